The van der Waals surface area contributed by atoms with Gasteiger partial charge in [0.15, 0.2) is 5.60 Å². The second-order valence-electron chi connectivity index (χ2n) is 8.71. The van der Waals surface area contributed by atoms with E-state index in [0.29, 0.717) is 45.1 Å². The first-order valence-corrected chi connectivity index (χ1v) is 11.2. The standard InChI is InChI=1S/C23H33N3O6/c1-4-31-20(27)17-7-6-10-26(16-17)18-8-5-9-19(15-18)32-23(2,3)21(28)24-11-13-25(14-12-24)22(29)30/h5,8-9,15,17H,4,6-7,10-14,16H2,1-3H3,(H,29,30)/t17-/m1/s1. The van der Waals surface area contributed by atoms with Gasteiger partial charge in [-0.05, 0) is 45.7 Å². The van der Waals surface area contributed by atoms with Crippen LogP contribution in [0.25, 0.3) is 0 Å². The summed E-state index contributed by atoms with van der Waals surface area (Å²) in [5.41, 5.74) is -0.158. The Morgan fingerprint density at radius 1 is 1.09 bits per heavy atom. The van der Waals surface area contributed by atoms with Crippen molar-refractivity contribution in [3.8, 4) is 5.75 Å². The normalized spacial score (nSPS) is 19.5. The molecule has 0 aromatic heterocycles. The predicted molar refractivity (Wildman–Crippen MR) is 119 cm³/mol. The first-order valence-electron chi connectivity index (χ1n) is 11.2. The van der Waals surface area contributed by atoms with Crippen molar-refractivity contribution in [2.24, 2.45) is 5.92 Å². The van der Waals surface area contributed by atoms with Gasteiger partial charge in [-0.25, -0.2) is 4.79 Å². The molecule has 2 heterocycles. The molecule has 2 saturated heterocycles. The number of esters is 1. The van der Waals surface area contributed by atoms with Crippen molar-refractivity contribution in [3.63, 3.8) is 0 Å². The van der Waals surface area contributed by atoms with Crippen LogP contribution >= 0.6 is 0 Å². The van der Waals surface area contributed by atoms with Gasteiger partial charge in [0.05, 0.1) is 12.5 Å². The third-order valence-corrected chi connectivity index (χ3v) is 5.95. The summed E-state index contributed by atoms with van der Waals surface area (Å²) in [6, 6.07) is 7.56. The number of amides is 2. The van der Waals surface area contributed by atoms with Crippen molar-refractivity contribution >= 4 is 23.7 Å². The molecule has 2 fully saturated rings. The molecule has 1 N–H and O–H groups in total. The Morgan fingerprint density at radius 2 is 1.78 bits per heavy atom. The summed E-state index contributed by atoms with van der Waals surface area (Å²) < 4.78 is 11.3. The van der Waals surface area contributed by atoms with E-state index in [1.807, 2.05) is 31.2 Å². The molecule has 32 heavy (non-hydrogen) atoms. The molecule has 0 bridgehead atoms. The highest BCUT2D eigenvalue weighted by Crippen LogP contribution is 2.29. The van der Waals surface area contributed by atoms with Gasteiger partial charge < -0.3 is 29.3 Å². The molecule has 9 nitrogen and oxygen atoms in total. The zero-order chi connectivity index (χ0) is 23.3. The van der Waals surface area contributed by atoms with Crippen molar-refractivity contribution in [2.75, 3.05) is 50.8 Å². The number of carboxylic acid groups (broad SMARTS) is 1. The van der Waals surface area contributed by atoms with Gasteiger partial charge in [0.1, 0.15) is 5.75 Å². The summed E-state index contributed by atoms with van der Waals surface area (Å²) in [5.74, 6) is 0.103. The van der Waals surface area contributed by atoms with Crippen LogP contribution < -0.4 is 9.64 Å². The minimum absolute atomic E-state index is 0.143. The number of piperazine rings is 1. The van der Waals surface area contributed by atoms with Crippen molar-refractivity contribution in [1.82, 2.24) is 9.80 Å². The molecule has 1 aromatic carbocycles. The third-order valence-electron chi connectivity index (χ3n) is 5.95. The van der Waals surface area contributed by atoms with Crippen LogP contribution in [0.4, 0.5) is 10.5 Å². The molecule has 0 saturated carbocycles. The topological polar surface area (TPSA) is 99.6 Å². The largest absolute Gasteiger partial charge is 0.478 e. The van der Waals surface area contributed by atoms with Gasteiger partial charge in [-0.3, -0.25) is 9.59 Å². The lowest BCUT2D eigenvalue weighted by atomic mass is 9.97. The first kappa shape index (κ1) is 23.7. The maximum absolute atomic E-state index is 13.0. The number of ether oxygens (including phenoxy) is 2. The Morgan fingerprint density at radius 3 is 2.44 bits per heavy atom. The first-order chi connectivity index (χ1) is 15.2. The Bertz CT molecular complexity index is 835. The molecule has 2 aliphatic heterocycles. The van der Waals surface area contributed by atoms with Crippen LogP contribution in [-0.4, -0.2) is 84.4 Å². The highest BCUT2D eigenvalue weighted by Gasteiger charge is 2.36. The van der Waals surface area contributed by atoms with Crippen LogP contribution in [0, 0.1) is 5.92 Å². The van der Waals surface area contributed by atoms with E-state index in [1.165, 1.54) is 4.90 Å². The molecule has 176 valence electrons. The fourth-order valence-electron chi connectivity index (χ4n) is 4.23. The number of hydrogen-bond acceptors (Lipinski definition) is 6. The van der Waals surface area contributed by atoms with E-state index in [2.05, 4.69) is 4.90 Å². The highest BCUT2D eigenvalue weighted by atomic mass is 16.5. The van der Waals surface area contributed by atoms with Gasteiger partial charge in [0.2, 0.25) is 0 Å². The average molecular weight is 448 g/mol. The Hall–Kier alpha value is -2.97. The molecule has 0 unspecified atom stereocenters. The maximum Gasteiger partial charge on any atom is 0.407 e. The van der Waals surface area contributed by atoms with Gasteiger partial charge in [-0.15, -0.1) is 0 Å². The van der Waals surface area contributed by atoms with Gasteiger partial charge in [0, 0.05) is 51.0 Å². The van der Waals surface area contributed by atoms with Crippen molar-refractivity contribution in [2.45, 2.75) is 39.2 Å². The number of carbonyl (C=O) groups excluding carboxylic acids is 2. The van der Waals surface area contributed by atoms with Crippen LogP contribution in [-0.2, 0) is 14.3 Å². The van der Waals surface area contributed by atoms with Crippen molar-refractivity contribution in [3.05, 3.63) is 24.3 Å². The monoisotopic (exact) mass is 447 g/mol. The van der Waals surface area contributed by atoms with Crippen LogP contribution in [0.2, 0.25) is 0 Å². The van der Waals surface area contributed by atoms with E-state index in [-0.39, 0.29) is 17.8 Å². The molecule has 2 amide bonds. The third kappa shape index (κ3) is 5.63. The smallest absolute Gasteiger partial charge is 0.407 e. The highest BCUT2D eigenvalue weighted by molar-refractivity contribution is 5.85. The van der Waals surface area contributed by atoms with E-state index in [0.717, 1.165) is 25.1 Å². The lowest BCUT2D eigenvalue weighted by Crippen LogP contribution is -2.56. The molecule has 3 rings (SSSR count). The van der Waals surface area contributed by atoms with Crippen LogP contribution in [0.15, 0.2) is 24.3 Å². The summed E-state index contributed by atoms with van der Waals surface area (Å²) in [6.45, 7) is 8.37. The van der Waals surface area contributed by atoms with E-state index in [9.17, 15) is 14.4 Å². The van der Waals surface area contributed by atoms with Crippen molar-refractivity contribution < 1.29 is 29.0 Å². The minimum Gasteiger partial charge on any atom is -0.478 e. The summed E-state index contributed by atoms with van der Waals surface area (Å²) in [6.07, 6.45) is 0.760. The Kier molecular flexibility index (Phi) is 7.48. The zero-order valence-electron chi connectivity index (χ0n) is 19.1. The Balaban J connectivity index is 1.64. The Labute approximate surface area is 188 Å². The molecule has 1 aromatic rings. The zero-order valence-corrected chi connectivity index (χ0v) is 19.1. The molecule has 1 atom stereocenters. The lowest BCUT2D eigenvalue weighted by Gasteiger charge is -2.37. The summed E-state index contributed by atoms with van der Waals surface area (Å²) >= 11 is 0. The fourth-order valence-corrected chi connectivity index (χ4v) is 4.23. The number of hydrogen-bond donors (Lipinski definition) is 1. The summed E-state index contributed by atoms with van der Waals surface area (Å²) in [7, 11) is 0. The van der Waals surface area contributed by atoms with Gasteiger partial charge >= 0.3 is 12.1 Å². The van der Waals surface area contributed by atoms with E-state index in [4.69, 9.17) is 14.6 Å². The number of carbonyl (C=O) groups is 3. The molecule has 9 heteroatoms. The van der Waals surface area contributed by atoms with Crippen molar-refractivity contribution in [1.29, 1.82) is 0 Å². The number of benzene rings is 1. The molecule has 2 aliphatic rings. The second-order valence-corrected chi connectivity index (χ2v) is 8.71. The van der Waals surface area contributed by atoms with Crippen LogP contribution in [0.1, 0.15) is 33.6 Å². The van der Waals surface area contributed by atoms with Crippen LogP contribution in [0.3, 0.4) is 0 Å². The maximum atomic E-state index is 13.0. The fraction of sp³-hybridized carbons (Fsp3) is 0.609. The summed E-state index contributed by atoms with van der Waals surface area (Å²) in [5, 5.41) is 9.09. The minimum atomic E-state index is -1.10. The van der Waals surface area contributed by atoms with E-state index in [1.54, 1.807) is 18.7 Å². The van der Waals surface area contributed by atoms with Gasteiger partial charge in [-0.2, -0.15) is 0 Å². The molecule has 0 spiro atoms. The average Bonchev–Trinajstić information content (AvgIpc) is 2.78. The lowest BCUT2D eigenvalue weighted by molar-refractivity contribution is -0.148. The van der Waals surface area contributed by atoms with Crippen LogP contribution in [0.5, 0.6) is 5.75 Å². The molecular weight excluding hydrogens is 414 g/mol. The number of anilines is 1. The van der Waals surface area contributed by atoms with Gasteiger partial charge in [0.25, 0.3) is 5.91 Å². The quantitative estimate of drug-likeness (QED) is 0.669. The summed E-state index contributed by atoms with van der Waals surface area (Å²) in [4.78, 5) is 41.4. The molecular formula is C23H33N3O6. The predicted octanol–water partition coefficient (Wildman–Crippen LogP) is 2.45. The molecule has 0 radical (unpaired) electrons. The SMILES string of the molecule is CCOC(=O)[C@@H]1CCCN(c2cccc(OC(C)(C)C(=O)N3CCN(C(=O)O)CC3)c2)C1. The second kappa shape index (κ2) is 10.1. The number of rotatable bonds is 6. The number of piperidine rings is 1. The number of nitrogens with zero attached hydrogens (tertiary/aromatic N) is 3. The molecule has 0 aliphatic carbocycles. The van der Waals surface area contributed by atoms with Gasteiger partial charge in [-0.1, -0.05) is 6.07 Å². The van der Waals surface area contributed by atoms with E-state index < -0.39 is 11.7 Å². The van der Waals surface area contributed by atoms with E-state index >= 15 is 0 Å².